The van der Waals surface area contributed by atoms with Crippen LogP contribution in [0.4, 0.5) is 0 Å². The molecule has 0 heterocycles. The fourth-order valence-electron chi connectivity index (χ4n) is 1.41. The van der Waals surface area contributed by atoms with E-state index in [-0.39, 0.29) is 17.5 Å². The summed E-state index contributed by atoms with van der Waals surface area (Å²) in [4.78, 5) is 0. The molecule has 4 N–H and O–H groups in total. The number of hydrogen-bond donors (Lipinski definition) is 4. The van der Waals surface area contributed by atoms with E-state index in [1.807, 2.05) is 6.92 Å². The third-order valence-electron chi connectivity index (χ3n) is 2.32. The zero-order chi connectivity index (χ0) is 12.3. The second-order valence-electron chi connectivity index (χ2n) is 4.66. The molecule has 1 aromatic rings. The van der Waals surface area contributed by atoms with Crippen LogP contribution in [0.3, 0.4) is 0 Å². The fourth-order valence-corrected chi connectivity index (χ4v) is 1.41. The smallest absolute Gasteiger partial charge is 0.124 e. The number of aromatic hydroxyl groups is 2. The standard InChI is InChI=1S/C12H19NO3/c1-8(13-7-12(2,3)16)10-5-4-9(14)6-11(10)15/h4-6,8,13-16H,7H2,1-3H3. The largest absolute Gasteiger partial charge is 0.508 e. The van der Waals surface area contributed by atoms with E-state index in [0.717, 1.165) is 0 Å². The van der Waals surface area contributed by atoms with Gasteiger partial charge in [0.2, 0.25) is 0 Å². The Morgan fingerprint density at radius 3 is 2.44 bits per heavy atom. The van der Waals surface area contributed by atoms with E-state index in [2.05, 4.69) is 5.32 Å². The second kappa shape index (κ2) is 4.72. The van der Waals surface area contributed by atoms with Gasteiger partial charge in [-0.2, -0.15) is 0 Å². The number of rotatable bonds is 4. The molecular weight excluding hydrogens is 206 g/mol. The Hall–Kier alpha value is -1.26. The lowest BCUT2D eigenvalue weighted by molar-refractivity contribution is 0.0769. The molecule has 1 rings (SSSR count). The molecule has 0 spiro atoms. The Kier molecular flexibility index (Phi) is 3.78. The van der Waals surface area contributed by atoms with Crippen molar-refractivity contribution in [2.24, 2.45) is 0 Å². The number of phenolic OH excluding ortho intramolecular Hbond substituents is 2. The SMILES string of the molecule is CC(NCC(C)(C)O)c1ccc(O)cc1O. The summed E-state index contributed by atoms with van der Waals surface area (Å²) in [5.41, 5.74) is -0.0945. The summed E-state index contributed by atoms with van der Waals surface area (Å²) in [7, 11) is 0. The van der Waals surface area contributed by atoms with Crippen molar-refractivity contribution in [2.75, 3.05) is 6.54 Å². The van der Waals surface area contributed by atoms with Gasteiger partial charge in [0.1, 0.15) is 11.5 Å². The van der Waals surface area contributed by atoms with E-state index in [1.165, 1.54) is 12.1 Å². The molecule has 0 saturated heterocycles. The molecule has 0 radical (unpaired) electrons. The van der Waals surface area contributed by atoms with E-state index in [1.54, 1.807) is 19.9 Å². The summed E-state index contributed by atoms with van der Waals surface area (Å²) in [5.74, 6) is 0.0895. The third kappa shape index (κ3) is 3.72. The summed E-state index contributed by atoms with van der Waals surface area (Å²) in [6, 6.07) is 4.40. The van der Waals surface area contributed by atoms with Gasteiger partial charge in [-0.05, 0) is 26.8 Å². The molecule has 0 aliphatic carbocycles. The molecule has 1 aromatic carbocycles. The zero-order valence-corrected chi connectivity index (χ0v) is 9.86. The lowest BCUT2D eigenvalue weighted by Gasteiger charge is -2.22. The van der Waals surface area contributed by atoms with Crippen LogP contribution in [0.25, 0.3) is 0 Å². The topological polar surface area (TPSA) is 72.7 Å². The Morgan fingerprint density at radius 2 is 1.94 bits per heavy atom. The zero-order valence-electron chi connectivity index (χ0n) is 9.86. The molecule has 1 unspecified atom stereocenters. The summed E-state index contributed by atoms with van der Waals surface area (Å²) >= 11 is 0. The van der Waals surface area contributed by atoms with E-state index in [4.69, 9.17) is 5.11 Å². The average molecular weight is 225 g/mol. The van der Waals surface area contributed by atoms with Crippen LogP contribution >= 0.6 is 0 Å². The molecule has 16 heavy (non-hydrogen) atoms. The first kappa shape index (κ1) is 12.8. The van der Waals surface area contributed by atoms with Crippen LogP contribution < -0.4 is 5.32 Å². The van der Waals surface area contributed by atoms with Crippen molar-refractivity contribution in [1.29, 1.82) is 0 Å². The van der Waals surface area contributed by atoms with E-state index < -0.39 is 5.60 Å². The van der Waals surface area contributed by atoms with Gasteiger partial charge in [0.25, 0.3) is 0 Å². The van der Waals surface area contributed by atoms with Gasteiger partial charge in [-0.1, -0.05) is 6.07 Å². The summed E-state index contributed by atoms with van der Waals surface area (Å²) in [5, 5.41) is 31.5. The van der Waals surface area contributed by atoms with Gasteiger partial charge in [-0.15, -0.1) is 0 Å². The highest BCUT2D eigenvalue weighted by molar-refractivity contribution is 5.40. The minimum Gasteiger partial charge on any atom is -0.508 e. The van der Waals surface area contributed by atoms with Gasteiger partial charge in [-0.3, -0.25) is 0 Å². The first-order valence-electron chi connectivity index (χ1n) is 5.27. The average Bonchev–Trinajstić information content (AvgIpc) is 2.13. The van der Waals surface area contributed by atoms with Crippen molar-refractivity contribution in [3.05, 3.63) is 23.8 Å². The molecule has 0 aromatic heterocycles. The lowest BCUT2D eigenvalue weighted by Crippen LogP contribution is -2.36. The predicted octanol–water partition coefficient (Wildman–Crippen LogP) is 1.52. The molecule has 1 atom stereocenters. The Labute approximate surface area is 95.6 Å². The number of nitrogens with one attached hydrogen (secondary N) is 1. The van der Waals surface area contributed by atoms with Crippen LogP contribution in [0.15, 0.2) is 18.2 Å². The molecule has 90 valence electrons. The summed E-state index contributed by atoms with van der Waals surface area (Å²) in [6.07, 6.45) is 0. The predicted molar refractivity (Wildman–Crippen MR) is 62.5 cm³/mol. The van der Waals surface area contributed by atoms with Crippen molar-refractivity contribution in [3.63, 3.8) is 0 Å². The van der Waals surface area contributed by atoms with Crippen LogP contribution in [-0.2, 0) is 0 Å². The van der Waals surface area contributed by atoms with Crippen molar-refractivity contribution >= 4 is 0 Å². The third-order valence-corrected chi connectivity index (χ3v) is 2.32. The first-order chi connectivity index (χ1) is 7.29. The molecule has 0 saturated carbocycles. The highest BCUT2D eigenvalue weighted by atomic mass is 16.3. The molecule has 0 aliphatic heterocycles. The molecule has 0 amide bonds. The highest BCUT2D eigenvalue weighted by Gasteiger charge is 2.16. The maximum atomic E-state index is 9.63. The van der Waals surface area contributed by atoms with E-state index >= 15 is 0 Å². The normalized spacial score (nSPS) is 13.8. The van der Waals surface area contributed by atoms with Gasteiger partial charge in [0.05, 0.1) is 5.60 Å². The maximum Gasteiger partial charge on any atom is 0.124 e. The summed E-state index contributed by atoms with van der Waals surface area (Å²) < 4.78 is 0. The minimum absolute atomic E-state index is 0.0379. The number of aliphatic hydroxyl groups is 1. The van der Waals surface area contributed by atoms with Crippen LogP contribution in [0.1, 0.15) is 32.4 Å². The minimum atomic E-state index is -0.791. The summed E-state index contributed by atoms with van der Waals surface area (Å²) in [6.45, 7) is 5.74. The number of benzene rings is 1. The van der Waals surface area contributed by atoms with Gasteiger partial charge in [0.15, 0.2) is 0 Å². The maximum absolute atomic E-state index is 9.63. The number of phenols is 2. The van der Waals surface area contributed by atoms with Crippen molar-refractivity contribution < 1.29 is 15.3 Å². The van der Waals surface area contributed by atoms with Crippen LogP contribution in [-0.4, -0.2) is 27.5 Å². The molecule has 0 bridgehead atoms. The fraction of sp³-hybridized carbons (Fsp3) is 0.500. The highest BCUT2D eigenvalue weighted by Crippen LogP contribution is 2.27. The molecule has 4 nitrogen and oxygen atoms in total. The van der Waals surface area contributed by atoms with Gasteiger partial charge >= 0.3 is 0 Å². The van der Waals surface area contributed by atoms with Crippen molar-refractivity contribution in [3.8, 4) is 11.5 Å². The molecule has 0 aliphatic rings. The van der Waals surface area contributed by atoms with Crippen LogP contribution in [0.2, 0.25) is 0 Å². The molecular formula is C12H19NO3. The monoisotopic (exact) mass is 225 g/mol. The van der Waals surface area contributed by atoms with E-state index in [0.29, 0.717) is 12.1 Å². The van der Waals surface area contributed by atoms with Gasteiger partial charge in [-0.25, -0.2) is 0 Å². The number of hydrogen-bond acceptors (Lipinski definition) is 4. The first-order valence-corrected chi connectivity index (χ1v) is 5.27. The lowest BCUT2D eigenvalue weighted by atomic mass is 10.1. The Bertz CT molecular complexity index is 358. The van der Waals surface area contributed by atoms with Crippen LogP contribution in [0.5, 0.6) is 11.5 Å². The van der Waals surface area contributed by atoms with Gasteiger partial charge < -0.3 is 20.6 Å². The van der Waals surface area contributed by atoms with Gasteiger partial charge in [0, 0.05) is 24.2 Å². The van der Waals surface area contributed by atoms with E-state index in [9.17, 15) is 10.2 Å². The quantitative estimate of drug-likeness (QED) is 0.627. The Morgan fingerprint density at radius 1 is 1.31 bits per heavy atom. The second-order valence-corrected chi connectivity index (χ2v) is 4.66. The van der Waals surface area contributed by atoms with Crippen molar-refractivity contribution in [1.82, 2.24) is 5.32 Å². The molecule has 4 heteroatoms. The molecule has 0 fully saturated rings. The Balaban J connectivity index is 2.70. The van der Waals surface area contributed by atoms with Crippen molar-refractivity contribution in [2.45, 2.75) is 32.4 Å². The van der Waals surface area contributed by atoms with Crippen LogP contribution in [0, 0.1) is 0 Å².